The van der Waals surface area contributed by atoms with Crippen molar-refractivity contribution < 1.29 is 4.79 Å². The SMILES string of the molecule is CCC(=CCCC(C)C/C=C/C(C)=O)CC. The monoisotopic (exact) mass is 222 g/mol. The molecule has 0 radical (unpaired) electrons. The first-order valence-electron chi connectivity index (χ1n) is 6.45. The van der Waals surface area contributed by atoms with Crippen molar-refractivity contribution in [2.45, 2.75) is 59.8 Å². The molecule has 0 N–H and O–H groups in total. The van der Waals surface area contributed by atoms with Crippen LogP contribution < -0.4 is 0 Å². The van der Waals surface area contributed by atoms with Crippen molar-refractivity contribution in [3.8, 4) is 0 Å². The van der Waals surface area contributed by atoms with Crippen molar-refractivity contribution >= 4 is 5.78 Å². The van der Waals surface area contributed by atoms with E-state index in [0.717, 1.165) is 6.42 Å². The Hall–Kier alpha value is -0.850. The largest absolute Gasteiger partial charge is 0.295 e. The van der Waals surface area contributed by atoms with Crippen LogP contribution in [0, 0.1) is 5.92 Å². The van der Waals surface area contributed by atoms with Gasteiger partial charge in [-0.3, -0.25) is 4.79 Å². The summed E-state index contributed by atoms with van der Waals surface area (Å²) in [5, 5.41) is 0. The van der Waals surface area contributed by atoms with Crippen molar-refractivity contribution in [2.24, 2.45) is 5.92 Å². The van der Waals surface area contributed by atoms with Crippen LogP contribution in [0.2, 0.25) is 0 Å². The van der Waals surface area contributed by atoms with Crippen LogP contribution in [-0.4, -0.2) is 5.78 Å². The molecule has 0 fully saturated rings. The maximum atomic E-state index is 10.7. The van der Waals surface area contributed by atoms with Crippen LogP contribution >= 0.6 is 0 Å². The van der Waals surface area contributed by atoms with Crippen LogP contribution in [0.25, 0.3) is 0 Å². The van der Waals surface area contributed by atoms with E-state index in [9.17, 15) is 4.79 Å². The van der Waals surface area contributed by atoms with Crippen LogP contribution in [0.5, 0.6) is 0 Å². The fraction of sp³-hybridized carbons (Fsp3) is 0.667. The Labute approximate surface area is 101 Å². The van der Waals surface area contributed by atoms with Crippen LogP contribution in [0.4, 0.5) is 0 Å². The van der Waals surface area contributed by atoms with Gasteiger partial charge < -0.3 is 0 Å². The first-order valence-corrected chi connectivity index (χ1v) is 6.45. The lowest BCUT2D eigenvalue weighted by Gasteiger charge is -2.07. The second-order valence-corrected chi connectivity index (χ2v) is 4.50. The highest BCUT2D eigenvalue weighted by Crippen LogP contribution is 2.14. The van der Waals surface area contributed by atoms with Gasteiger partial charge >= 0.3 is 0 Å². The van der Waals surface area contributed by atoms with Gasteiger partial charge in [0.1, 0.15) is 0 Å². The summed E-state index contributed by atoms with van der Waals surface area (Å²) >= 11 is 0. The molecule has 16 heavy (non-hydrogen) atoms. The molecule has 1 unspecified atom stereocenters. The van der Waals surface area contributed by atoms with Gasteiger partial charge in [0.2, 0.25) is 0 Å². The molecule has 0 aromatic heterocycles. The lowest BCUT2D eigenvalue weighted by Crippen LogP contribution is -1.92. The van der Waals surface area contributed by atoms with Gasteiger partial charge in [-0.1, -0.05) is 38.5 Å². The zero-order valence-corrected chi connectivity index (χ0v) is 11.3. The number of allylic oxidation sites excluding steroid dienone is 4. The normalized spacial score (nSPS) is 12.8. The third-order valence-electron chi connectivity index (χ3n) is 2.89. The van der Waals surface area contributed by atoms with Crippen molar-refractivity contribution in [3.63, 3.8) is 0 Å². The van der Waals surface area contributed by atoms with Crippen LogP contribution in [-0.2, 0) is 4.79 Å². The first-order chi connectivity index (χ1) is 7.60. The molecule has 0 aliphatic rings. The molecular weight excluding hydrogens is 196 g/mol. The molecule has 0 saturated heterocycles. The standard InChI is InChI=1S/C15H26O/c1-5-15(6-2)12-8-10-13(3)9-7-11-14(4)16/h7,11-13H,5-6,8-10H2,1-4H3/b11-7+. The summed E-state index contributed by atoms with van der Waals surface area (Å²) in [5.41, 5.74) is 1.56. The molecule has 0 aromatic carbocycles. The number of carbonyl (C=O) groups is 1. The topological polar surface area (TPSA) is 17.1 Å². The average molecular weight is 222 g/mol. The first kappa shape index (κ1) is 15.2. The number of hydrogen-bond donors (Lipinski definition) is 0. The van der Waals surface area contributed by atoms with Gasteiger partial charge in [0.25, 0.3) is 0 Å². The molecule has 0 aliphatic carbocycles. The lowest BCUT2D eigenvalue weighted by atomic mass is 9.99. The number of ketones is 1. The van der Waals surface area contributed by atoms with Crippen molar-refractivity contribution in [2.75, 3.05) is 0 Å². The van der Waals surface area contributed by atoms with E-state index >= 15 is 0 Å². The van der Waals surface area contributed by atoms with Crippen LogP contribution in [0.15, 0.2) is 23.8 Å². The van der Waals surface area contributed by atoms with Gasteiger partial charge in [0.05, 0.1) is 0 Å². The maximum absolute atomic E-state index is 10.7. The Balaban J connectivity index is 3.77. The summed E-state index contributed by atoms with van der Waals surface area (Å²) in [6, 6.07) is 0. The summed E-state index contributed by atoms with van der Waals surface area (Å²) in [6.07, 6.45) is 11.8. The lowest BCUT2D eigenvalue weighted by molar-refractivity contribution is -0.112. The molecule has 0 rings (SSSR count). The molecule has 0 saturated carbocycles. The van der Waals surface area contributed by atoms with E-state index < -0.39 is 0 Å². The molecular formula is C15H26O. The smallest absolute Gasteiger partial charge is 0.152 e. The third kappa shape index (κ3) is 8.46. The molecule has 0 spiro atoms. The van der Waals surface area contributed by atoms with Gasteiger partial charge in [0, 0.05) is 0 Å². The molecule has 0 heterocycles. The maximum Gasteiger partial charge on any atom is 0.152 e. The predicted octanol–water partition coefficient (Wildman–Crippen LogP) is 4.68. The quantitative estimate of drug-likeness (QED) is 0.430. The Kier molecular flexibility index (Phi) is 8.88. The molecule has 0 amide bonds. The molecule has 0 aliphatic heterocycles. The van der Waals surface area contributed by atoms with E-state index in [-0.39, 0.29) is 5.78 Å². The summed E-state index contributed by atoms with van der Waals surface area (Å²) in [4.78, 5) is 10.7. The second kappa shape index (κ2) is 9.38. The highest BCUT2D eigenvalue weighted by atomic mass is 16.1. The van der Waals surface area contributed by atoms with Crippen LogP contribution in [0.1, 0.15) is 59.8 Å². The number of hydrogen-bond acceptors (Lipinski definition) is 1. The summed E-state index contributed by atoms with van der Waals surface area (Å²) in [5.74, 6) is 0.813. The Morgan fingerprint density at radius 2 is 1.88 bits per heavy atom. The Bertz CT molecular complexity index is 242. The average Bonchev–Trinajstić information content (AvgIpc) is 2.24. The van der Waals surface area contributed by atoms with Crippen molar-refractivity contribution in [1.82, 2.24) is 0 Å². The molecule has 1 heteroatoms. The third-order valence-corrected chi connectivity index (χ3v) is 2.89. The summed E-state index contributed by atoms with van der Waals surface area (Å²) in [7, 11) is 0. The molecule has 92 valence electrons. The minimum absolute atomic E-state index is 0.145. The van der Waals surface area contributed by atoms with Crippen molar-refractivity contribution in [1.29, 1.82) is 0 Å². The zero-order chi connectivity index (χ0) is 12.4. The van der Waals surface area contributed by atoms with E-state index in [1.807, 2.05) is 6.08 Å². The second-order valence-electron chi connectivity index (χ2n) is 4.50. The van der Waals surface area contributed by atoms with Gasteiger partial charge in [-0.15, -0.1) is 0 Å². The fourth-order valence-electron chi connectivity index (χ4n) is 1.69. The number of rotatable bonds is 8. The summed E-state index contributed by atoms with van der Waals surface area (Å²) in [6.45, 7) is 8.28. The van der Waals surface area contributed by atoms with Crippen LogP contribution in [0.3, 0.4) is 0 Å². The molecule has 0 bridgehead atoms. The highest BCUT2D eigenvalue weighted by Gasteiger charge is 1.98. The van der Waals surface area contributed by atoms with Gasteiger partial charge in [0.15, 0.2) is 5.78 Å². The predicted molar refractivity (Wildman–Crippen MR) is 71.5 cm³/mol. The van der Waals surface area contributed by atoms with Crippen molar-refractivity contribution in [3.05, 3.63) is 23.8 Å². The van der Waals surface area contributed by atoms with E-state index in [1.165, 1.54) is 25.7 Å². The fourth-order valence-corrected chi connectivity index (χ4v) is 1.69. The molecule has 1 nitrogen and oxygen atoms in total. The van der Waals surface area contributed by atoms with Gasteiger partial charge in [-0.05, 0) is 51.0 Å². The van der Waals surface area contributed by atoms with E-state index in [2.05, 4.69) is 26.8 Å². The van der Waals surface area contributed by atoms with E-state index in [0.29, 0.717) is 5.92 Å². The van der Waals surface area contributed by atoms with E-state index in [1.54, 1.807) is 18.6 Å². The summed E-state index contributed by atoms with van der Waals surface area (Å²) < 4.78 is 0. The van der Waals surface area contributed by atoms with E-state index in [4.69, 9.17) is 0 Å². The minimum Gasteiger partial charge on any atom is -0.295 e. The van der Waals surface area contributed by atoms with Gasteiger partial charge in [-0.2, -0.15) is 0 Å². The highest BCUT2D eigenvalue weighted by molar-refractivity contribution is 5.87. The Morgan fingerprint density at radius 3 is 2.38 bits per heavy atom. The zero-order valence-electron chi connectivity index (χ0n) is 11.3. The minimum atomic E-state index is 0.145. The Morgan fingerprint density at radius 1 is 1.25 bits per heavy atom. The molecule has 0 aromatic rings. The number of carbonyl (C=O) groups excluding carboxylic acids is 1. The molecule has 1 atom stereocenters. The van der Waals surface area contributed by atoms with Gasteiger partial charge in [-0.25, -0.2) is 0 Å².